The zero-order valence-electron chi connectivity index (χ0n) is 19.8. The maximum atomic E-state index is 11.1. The van der Waals surface area contributed by atoms with E-state index in [9.17, 15) is 4.79 Å². The number of hydrogen-bond donors (Lipinski definition) is 1. The molecule has 1 heterocycles. The van der Waals surface area contributed by atoms with Crippen molar-refractivity contribution in [2.45, 2.75) is 46.3 Å². The van der Waals surface area contributed by atoms with E-state index in [0.717, 1.165) is 23.4 Å². The molecule has 0 aliphatic heterocycles. The highest BCUT2D eigenvalue weighted by Gasteiger charge is 2.14. The Labute approximate surface area is 200 Å². The number of carbonyl (C=O) groups is 1. The summed E-state index contributed by atoms with van der Waals surface area (Å²) in [6.07, 6.45) is 2.14. The fraction of sp³-hybridized carbons (Fsp3) is 0.233. The smallest absolute Gasteiger partial charge is 0.304 e. The average Bonchev–Trinajstić information content (AvgIpc) is 3.23. The Morgan fingerprint density at radius 2 is 1.76 bits per heavy atom. The number of ether oxygens (including phenoxy) is 1. The van der Waals surface area contributed by atoms with Crippen molar-refractivity contribution in [1.29, 1.82) is 0 Å². The molecule has 0 saturated carbocycles. The molecule has 1 atom stereocenters. The number of aliphatic carboxylic acids is 1. The second-order valence-electron chi connectivity index (χ2n) is 8.56. The summed E-state index contributed by atoms with van der Waals surface area (Å²) in [6.45, 7) is 7.32. The van der Waals surface area contributed by atoms with E-state index < -0.39 is 5.97 Å². The van der Waals surface area contributed by atoms with Crippen LogP contribution in [-0.4, -0.2) is 15.6 Å². The van der Waals surface area contributed by atoms with Gasteiger partial charge in [-0.25, -0.2) is 0 Å². The molecule has 0 amide bonds. The Balaban J connectivity index is 1.51. The van der Waals surface area contributed by atoms with E-state index in [-0.39, 0.29) is 12.3 Å². The normalized spacial score (nSPS) is 11.6. The quantitative estimate of drug-likeness (QED) is 0.313. The van der Waals surface area contributed by atoms with Crippen LogP contribution < -0.4 is 4.74 Å². The van der Waals surface area contributed by atoms with Crippen molar-refractivity contribution in [2.75, 3.05) is 0 Å². The Hall–Kier alpha value is -3.97. The van der Waals surface area contributed by atoms with E-state index in [1.165, 1.54) is 27.6 Å². The monoisotopic (exact) mass is 451 g/mol. The minimum atomic E-state index is -0.855. The van der Waals surface area contributed by atoms with E-state index in [2.05, 4.69) is 78.9 Å². The van der Waals surface area contributed by atoms with Gasteiger partial charge in [-0.15, -0.1) is 5.92 Å². The molecular weight excluding hydrogens is 422 g/mol. The van der Waals surface area contributed by atoms with Crippen LogP contribution in [-0.2, 0) is 17.9 Å². The molecule has 0 aliphatic carbocycles. The molecule has 4 aromatic rings. The molecule has 0 radical (unpaired) electrons. The van der Waals surface area contributed by atoms with Gasteiger partial charge in [0, 0.05) is 12.7 Å². The highest BCUT2D eigenvalue weighted by Crippen LogP contribution is 2.27. The van der Waals surface area contributed by atoms with Crippen LogP contribution in [0, 0.1) is 25.7 Å². The third-order valence-electron chi connectivity index (χ3n) is 6.27. The van der Waals surface area contributed by atoms with Crippen LogP contribution in [0.2, 0.25) is 0 Å². The fourth-order valence-electron chi connectivity index (χ4n) is 4.34. The Bertz CT molecular complexity index is 1370. The van der Waals surface area contributed by atoms with Crippen molar-refractivity contribution in [1.82, 2.24) is 4.57 Å². The van der Waals surface area contributed by atoms with E-state index in [0.29, 0.717) is 6.61 Å². The zero-order chi connectivity index (χ0) is 24.1. The SMILES string of the molecule is CC#C[C@@H](CC(=O)O)c1ccc(OCc2ccc3ccn(Cc4ccccc4C)c3c2C)cc1. The number of benzene rings is 3. The van der Waals surface area contributed by atoms with Crippen LogP contribution in [0.1, 0.15) is 47.1 Å². The molecular formula is C30H29NO3. The van der Waals surface area contributed by atoms with Crippen molar-refractivity contribution < 1.29 is 14.6 Å². The van der Waals surface area contributed by atoms with E-state index in [4.69, 9.17) is 9.84 Å². The van der Waals surface area contributed by atoms with Gasteiger partial charge in [-0.1, -0.05) is 54.5 Å². The molecule has 0 fully saturated rings. The standard InChI is InChI=1S/C30H29NO3/c1-4-7-25(18-29(32)33)23-12-14-28(15-13-23)34-20-27-11-10-24-16-17-31(30(24)22(27)3)19-26-9-6-5-8-21(26)2/h5-6,8-17,25H,18-20H2,1-3H3,(H,32,33)/t25-/m0/s1. The predicted molar refractivity (Wildman–Crippen MR) is 136 cm³/mol. The summed E-state index contributed by atoms with van der Waals surface area (Å²) in [6, 6.07) is 22.5. The summed E-state index contributed by atoms with van der Waals surface area (Å²) >= 11 is 0. The fourth-order valence-corrected chi connectivity index (χ4v) is 4.34. The highest BCUT2D eigenvalue weighted by atomic mass is 16.5. The predicted octanol–water partition coefficient (Wildman–Crippen LogP) is 6.47. The molecule has 172 valence electrons. The molecule has 1 aromatic heterocycles. The first-order chi connectivity index (χ1) is 16.5. The van der Waals surface area contributed by atoms with Crippen LogP contribution in [0.5, 0.6) is 5.75 Å². The van der Waals surface area contributed by atoms with Gasteiger partial charge >= 0.3 is 5.97 Å². The Morgan fingerprint density at radius 3 is 2.47 bits per heavy atom. The second-order valence-corrected chi connectivity index (χ2v) is 8.56. The minimum Gasteiger partial charge on any atom is -0.489 e. The van der Waals surface area contributed by atoms with Crippen molar-refractivity contribution in [3.05, 3.63) is 101 Å². The lowest BCUT2D eigenvalue weighted by Crippen LogP contribution is -2.05. The summed E-state index contributed by atoms with van der Waals surface area (Å²) < 4.78 is 8.40. The molecule has 1 N–H and O–H groups in total. The molecule has 0 spiro atoms. The lowest BCUT2D eigenvalue weighted by molar-refractivity contribution is -0.137. The Kier molecular flexibility index (Phi) is 7.04. The van der Waals surface area contributed by atoms with E-state index >= 15 is 0 Å². The first-order valence-electron chi connectivity index (χ1n) is 11.4. The van der Waals surface area contributed by atoms with Gasteiger partial charge in [-0.3, -0.25) is 4.79 Å². The van der Waals surface area contributed by atoms with Crippen molar-refractivity contribution >= 4 is 16.9 Å². The van der Waals surface area contributed by atoms with Crippen molar-refractivity contribution in [3.63, 3.8) is 0 Å². The van der Waals surface area contributed by atoms with Crippen LogP contribution >= 0.6 is 0 Å². The third-order valence-corrected chi connectivity index (χ3v) is 6.27. The largest absolute Gasteiger partial charge is 0.489 e. The number of aromatic nitrogens is 1. The molecule has 4 heteroatoms. The molecule has 0 aliphatic rings. The van der Waals surface area contributed by atoms with Crippen LogP contribution in [0.25, 0.3) is 10.9 Å². The first kappa shape index (κ1) is 23.2. The van der Waals surface area contributed by atoms with Gasteiger partial charge in [0.05, 0.1) is 17.9 Å². The molecule has 0 saturated heterocycles. The number of carboxylic acids is 1. The van der Waals surface area contributed by atoms with Crippen LogP contribution in [0.4, 0.5) is 0 Å². The molecule has 34 heavy (non-hydrogen) atoms. The second kappa shape index (κ2) is 10.3. The molecule has 0 bridgehead atoms. The molecule has 4 nitrogen and oxygen atoms in total. The summed E-state index contributed by atoms with van der Waals surface area (Å²) in [5.41, 5.74) is 7.08. The molecule has 0 unspecified atom stereocenters. The number of carboxylic acid groups (broad SMARTS) is 1. The number of aryl methyl sites for hydroxylation is 2. The molecule has 4 rings (SSSR count). The van der Waals surface area contributed by atoms with Gasteiger partial charge in [-0.2, -0.15) is 0 Å². The molecule has 3 aromatic carbocycles. The maximum absolute atomic E-state index is 11.1. The summed E-state index contributed by atoms with van der Waals surface area (Å²) in [5.74, 6) is 5.38. The number of fused-ring (bicyclic) bond motifs is 1. The Morgan fingerprint density at radius 1 is 1.00 bits per heavy atom. The van der Waals surface area contributed by atoms with Crippen molar-refractivity contribution in [2.24, 2.45) is 0 Å². The van der Waals surface area contributed by atoms with E-state index in [1.54, 1.807) is 6.92 Å². The third kappa shape index (κ3) is 5.15. The van der Waals surface area contributed by atoms with Crippen molar-refractivity contribution in [3.8, 4) is 17.6 Å². The summed E-state index contributed by atoms with van der Waals surface area (Å²) in [5, 5.41) is 10.4. The lowest BCUT2D eigenvalue weighted by Gasteiger charge is -2.14. The van der Waals surface area contributed by atoms with Gasteiger partial charge in [0.15, 0.2) is 0 Å². The number of rotatable bonds is 8. The minimum absolute atomic E-state index is 0.0115. The van der Waals surface area contributed by atoms with Crippen LogP contribution in [0.15, 0.2) is 72.9 Å². The van der Waals surface area contributed by atoms with Gasteiger partial charge < -0.3 is 14.4 Å². The number of hydrogen-bond acceptors (Lipinski definition) is 2. The summed E-state index contributed by atoms with van der Waals surface area (Å²) in [4.78, 5) is 11.1. The van der Waals surface area contributed by atoms with Gasteiger partial charge in [0.25, 0.3) is 0 Å². The summed E-state index contributed by atoms with van der Waals surface area (Å²) in [7, 11) is 0. The number of nitrogens with zero attached hydrogens (tertiary/aromatic N) is 1. The van der Waals surface area contributed by atoms with Gasteiger partial charge in [0.2, 0.25) is 0 Å². The highest BCUT2D eigenvalue weighted by molar-refractivity contribution is 5.84. The topological polar surface area (TPSA) is 51.5 Å². The lowest BCUT2D eigenvalue weighted by atomic mass is 9.96. The zero-order valence-corrected chi connectivity index (χ0v) is 19.8. The van der Waals surface area contributed by atoms with E-state index in [1.807, 2.05) is 24.3 Å². The maximum Gasteiger partial charge on any atom is 0.304 e. The van der Waals surface area contributed by atoms with Gasteiger partial charge in [-0.05, 0) is 72.2 Å². The van der Waals surface area contributed by atoms with Crippen LogP contribution in [0.3, 0.4) is 0 Å². The first-order valence-corrected chi connectivity index (χ1v) is 11.4. The van der Waals surface area contributed by atoms with Gasteiger partial charge in [0.1, 0.15) is 12.4 Å². The average molecular weight is 452 g/mol.